The molecule has 6 nitrogen and oxygen atoms in total. The molecule has 126 valence electrons. The average Bonchev–Trinajstić information content (AvgIpc) is 3.06. The summed E-state index contributed by atoms with van der Waals surface area (Å²) in [5.74, 6) is 1.39. The summed E-state index contributed by atoms with van der Waals surface area (Å²) in [5, 5.41) is 2.90. The van der Waals surface area contributed by atoms with Gasteiger partial charge in [-0.2, -0.15) is 0 Å². The number of hydrogen-bond donors (Lipinski definition) is 1. The van der Waals surface area contributed by atoms with E-state index in [1.54, 1.807) is 11.1 Å². The minimum absolute atomic E-state index is 0.0222. The standard InChI is InChI=1S/C18H21N3O3/c1-2-23-15-8-6-14(7-9-15)20-18(22)21-12-10-16(13-21)24-17-5-3-4-11-19-17/h3-9,11,16H,2,10,12-13H2,1H3,(H,20,22). The lowest BCUT2D eigenvalue weighted by atomic mass is 10.3. The van der Waals surface area contributed by atoms with Gasteiger partial charge in [-0.05, 0) is 37.3 Å². The summed E-state index contributed by atoms with van der Waals surface area (Å²) in [5.41, 5.74) is 0.748. The van der Waals surface area contributed by atoms with Gasteiger partial charge in [-0.25, -0.2) is 9.78 Å². The van der Waals surface area contributed by atoms with E-state index in [9.17, 15) is 4.79 Å². The molecular formula is C18H21N3O3. The Morgan fingerprint density at radius 3 is 2.83 bits per heavy atom. The first-order chi connectivity index (χ1) is 11.7. The third-order valence-electron chi connectivity index (χ3n) is 3.77. The van der Waals surface area contributed by atoms with Gasteiger partial charge < -0.3 is 19.7 Å². The normalized spacial score (nSPS) is 16.7. The molecule has 1 saturated heterocycles. The summed E-state index contributed by atoms with van der Waals surface area (Å²) in [6, 6.07) is 12.8. The van der Waals surface area contributed by atoms with E-state index in [1.165, 1.54) is 0 Å². The van der Waals surface area contributed by atoms with Crippen molar-refractivity contribution >= 4 is 11.7 Å². The summed E-state index contributed by atoms with van der Waals surface area (Å²) >= 11 is 0. The summed E-state index contributed by atoms with van der Waals surface area (Å²) in [4.78, 5) is 18.2. The van der Waals surface area contributed by atoms with Crippen LogP contribution >= 0.6 is 0 Å². The van der Waals surface area contributed by atoms with Crippen molar-refractivity contribution in [1.29, 1.82) is 0 Å². The summed E-state index contributed by atoms with van der Waals surface area (Å²) in [7, 11) is 0. The van der Waals surface area contributed by atoms with Crippen molar-refractivity contribution in [3.8, 4) is 11.6 Å². The van der Waals surface area contributed by atoms with Crippen molar-refractivity contribution < 1.29 is 14.3 Å². The number of aromatic nitrogens is 1. The van der Waals surface area contributed by atoms with Gasteiger partial charge in [0.1, 0.15) is 11.9 Å². The molecule has 1 aliphatic heterocycles. The van der Waals surface area contributed by atoms with Crippen LogP contribution < -0.4 is 14.8 Å². The molecule has 1 aliphatic rings. The molecule has 6 heteroatoms. The second kappa shape index (κ2) is 7.68. The molecule has 1 N–H and O–H groups in total. The van der Waals surface area contributed by atoms with E-state index < -0.39 is 0 Å². The highest BCUT2D eigenvalue weighted by Gasteiger charge is 2.27. The number of rotatable bonds is 5. The number of anilines is 1. The molecule has 2 aromatic rings. The number of amides is 2. The molecule has 1 aromatic carbocycles. The molecule has 1 atom stereocenters. The number of pyridine rings is 1. The summed E-state index contributed by atoms with van der Waals surface area (Å²) in [6.07, 6.45) is 2.47. The molecule has 0 spiro atoms. The second-order valence-electron chi connectivity index (χ2n) is 5.53. The maximum atomic E-state index is 12.3. The van der Waals surface area contributed by atoms with E-state index in [0.29, 0.717) is 25.6 Å². The van der Waals surface area contributed by atoms with Crippen LogP contribution in [0.15, 0.2) is 48.7 Å². The maximum Gasteiger partial charge on any atom is 0.321 e. The van der Waals surface area contributed by atoms with Crippen molar-refractivity contribution in [3.05, 3.63) is 48.7 Å². The van der Waals surface area contributed by atoms with Crippen LogP contribution in [0.25, 0.3) is 0 Å². The van der Waals surface area contributed by atoms with Gasteiger partial charge >= 0.3 is 6.03 Å². The van der Waals surface area contributed by atoms with E-state index in [-0.39, 0.29) is 12.1 Å². The van der Waals surface area contributed by atoms with Gasteiger partial charge in [0.15, 0.2) is 0 Å². The zero-order valence-electron chi connectivity index (χ0n) is 13.6. The quantitative estimate of drug-likeness (QED) is 0.916. The smallest absolute Gasteiger partial charge is 0.321 e. The minimum Gasteiger partial charge on any atom is -0.494 e. The first-order valence-electron chi connectivity index (χ1n) is 8.11. The number of urea groups is 1. The zero-order chi connectivity index (χ0) is 16.8. The second-order valence-corrected chi connectivity index (χ2v) is 5.53. The highest BCUT2D eigenvalue weighted by Crippen LogP contribution is 2.19. The van der Waals surface area contributed by atoms with Gasteiger partial charge in [0, 0.05) is 30.9 Å². The number of carbonyl (C=O) groups excluding carboxylic acids is 1. The predicted octanol–water partition coefficient (Wildman–Crippen LogP) is 3.17. The molecule has 0 bridgehead atoms. The fourth-order valence-electron chi connectivity index (χ4n) is 2.60. The summed E-state index contributed by atoms with van der Waals surface area (Å²) in [6.45, 7) is 3.78. The van der Waals surface area contributed by atoms with Gasteiger partial charge in [0.2, 0.25) is 5.88 Å². The van der Waals surface area contributed by atoms with Crippen LogP contribution in [0.4, 0.5) is 10.5 Å². The Balaban J connectivity index is 1.51. The third-order valence-corrected chi connectivity index (χ3v) is 3.77. The van der Waals surface area contributed by atoms with E-state index in [4.69, 9.17) is 9.47 Å². The lowest BCUT2D eigenvalue weighted by molar-refractivity contribution is 0.190. The SMILES string of the molecule is CCOc1ccc(NC(=O)N2CCC(Oc3ccccn3)C2)cc1. The van der Waals surface area contributed by atoms with Crippen molar-refractivity contribution in [2.45, 2.75) is 19.4 Å². The van der Waals surface area contributed by atoms with Crippen molar-refractivity contribution in [3.63, 3.8) is 0 Å². The first-order valence-corrected chi connectivity index (χ1v) is 8.11. The molecule has 2 heterocycles. The molecule has 2 amide bonds. The van der Waals surface area contributed by atoms with Gasteiger partial charge in [0.05, 0.1) is 13.2 Å². The van der Waals surface area contributed by atoms with E-state index >= 15 is 0 Å². The highest BCUT2D eigenvalue weighted by atomic mass is 16.5. The van der Waals surface area contributed by atoms with E-state index in [2.05, 4.69) is 10.3 Å². The van der Waals surface area contributed by atoms with Gasteiger partial charge in [-0.15, -0.1) is 0 Å². The maximum absolute atomic E-state index is 12.3. The number of nitrogens with one attached hydrogen (secondary N) is 1. The fraction of sp³-hybridized carbons (Fsp3) is 0.333. The number of hydrogen-bond acceptors (Lipinski definition) is 4. The average molecular weight is 327 g/mol. The number of nitrogens with zero attached hydrogens (tertiary/aromatic N) is 2. The molecule has 0 radical (unpaired) electrons. The summed E-state index contributed by atoms with van der Waals surface area (Å²) < 4.78 is 11.2. The Morgan fingerprint density at radius 1 is 1.29 bits per heavy atom. The first kappa shape index (κ1) is 16.1. The minimum atomic E-state index is -0.119. The lowest BCUT2D eigenvalue weighted by Gasteiger charge is -2.18. The van der Waals surface area contributed by atoms with Crippen molar-refractivity contribution in [2.75, 3.05) is 25.0 Å². The van der Waals surface area contributed by atoms with Crippen LogP contribution in [-0.4, -0.2) is 41.7 Å². The number of carbonyl (C=O) groups is 1. The molecular weight excluding hydrogens is 306 g/mol. The van der Waals surface area contributed by atoms with Crippen molar-refractivity contribution in [1.82, 2.24) is 9.88 Å². The monoisotopic (exact) mass is 327 g/mol. The van der Waals surface area contributed by atoms with Crippen LogP contribution in [0.2, 0.25) is 0 Å². The zero-order valence-corrected chi connectivity index (χ0v) is 13.6. The molecule has 1 aromatic heterocycles. The van der Waals surface area contributed by atoms with Gasteiger partial charge in [-0.3, -0.25) is 0 Å². The molecule has 3 rings (SSSR count). The van der Waals surface area contributed by atoms with Crippen LogP contribution in [0.5, 0.6) is 11.6 Å². The van der Waals surface area contributed by atoms with Gasteiger partial charge in [0.25, 0.3) is 0 Å². The Morgan fingerprint density at radius 2 is 2.12 bits per heavy atom. The van der Waals surface area contributed by atoms with Crippen LogP contribution in [0.3, 0.4) is 0 Å². The molecule has 1 fully saturated rings. The molecule has 0 aliphatic carbocycles. The van der Waals surface area contributed by atoms with E-state index in [1.807, 2.05) is 49.4 Å². The van der Waals surface area contributed by atoms with Crippen LogP contribution in [-0.2, 0) is 0 Å². The third kappa shape index (κ3) is 4.16. The lowest BCUT2D eigenvalue weighted by Crippen LogP contribution is -2.34. The Bertz CT molecular complexity index is 661. The van der Waals surface area contributed by atoms with Crippen LogP contribution in [0.1, 0.15) is 13.3 Å². The Hall–Kier alpha value is -2.76. The molecule has 1 unspecified atom stereocenters. The topological polar surface area (TPSA) is 63.7 Å². The Kier molecular flexibility index (Phi) is 5.15. The fourth-order valence-corrected chi connectivity index (χ4v) is 2.60. The van der Waals surface area contributed by atoms with Gasteiger partial charge in [-0.1, -0.05) is 6.07 Å². The molecule has 24 heavy (non-hydrogen) atoms. The number of likely N-dealkylation sites (tertiary alicyclic amines) is 1. The predicted molar refractivity (Wildman–Crippen MR) is 91.5 cm³/mol. The van der Waals surface area contributed by atoms with Crippen molar-refractivity contribution in [2.24, 2.45) is 0 Å². The Labute approximate surface area is 141 Å². The molecule has 0 saturated carbocycles. The number of ether oxygens (including phenoxy) is 2. The highest BCUT2D eigenvalue weighted by molar-refractivity contribution is 5.89. The number of benzene rings is 1. The van der Waals surface area contributed by atoms with E-state index in [0.717, 1.165) is 17.9 Å². The van der Waals surface area contributed by atoms with Crippen LogP contribution in [0, 0.1) is 0 Å². The largest absolute Gasteiger partial charge is 0.494 e.